The number of ether oxygens (including phenoxy) is 2. The van der Waals surface area contributed by atoms with E-state index >= 15 is 0 Å². The third-order valence-corrected chi connectivity index (χ3v) is 4.03. The van der Waals surface area contributed by atoms with Gasteiger partial charge in [0, 0.05) is 17.5 Å². The van der Waals surface area contributed by atoms with Gasteiger partial charge >= 0.3 is 0 Å². The van der Waals surface area contributed by atoms with Crippen LogP contribution in [0.5, 0.6) is 11.5 Å². The first-order valence-electron chi connectivity index (χ1n) is 6.63. The van der Waals surface area contributed by atoms with Crippen molar-refractivity contribution in [1.29, 1.82) is 0 Å². The molecule has 0 aliphatic heterocycles. The van der Waals surface area contributed by atoms with E-state index in [1.54, 1.807) is 26.4 Å². The monoisotopic (exact) mass is 282 g/mol. The number of ketones is 1. The molecule has 1 aromatic carbocycles. The summed E-state index contributed by atoms with van der Waals surface area (Å²) in [5.41, 5.74) is 0.547. The molecule has 3 nitrogen and oxygen atoms in total. The molecule has 0 spiro atoms. The molecular formula is C15H19ClO3. The summed E-state index contributed by atoms with van der Waals surface area (Å²) in [6.07, 6.45) is 5.40. The molecule has 0 bridgehead atoms. The molecule has 1 saturated carbocycles. The number of hydrogen-bond acceptors (Lipinski definition) is 3. The Morgan fingerprint density at radius 2 is 1.68 bits per heavy atom. The fourth-order valence-corrected chi connectivity index (χ4v) is 2.87. The molecule has 0 amide bonds. The molecular weight excluding hydrogens is 264 g/mol. The summed E-state index contributed by atoms with van der Waals surface area (Å²) in [5.74, 6) is 1.33. The van der Waals surface area contributed by atoms with Gasteiger partial charge in [0.05, 0.1) is 19.2 Å². The largest absolute Gasteiger partial charge is 0.493 e. The highest BCUT2D eigenvalue weighted by Gasteiger charge is 2.25. The Labute approximate surface area is 118 Å². The number of halogens is 1. The minimum atomic E-state index is 0.101. The molecule has 0 atom stereocenters. The number of benzene rings is 1. The van der Waals surface area contributed by atoms with Crippen molar-refractivity contribution < 1.29 is 14.3 Å². The molecule has 0 aromatic heterocycles. The van der Waals surface area contributed by atoms with Crippen LogP contribution in [-0.4, -0.2) is 20.0 Å². The van der Waals surface area contributed by atoms with E-state index in [4.69, 9.17) is 21.1 Å². The summed E-state index contributed by atoms with van der Waals surface area (Å²) in [7, 11) is 3.11. The lowest BCUT2D eigenvalue weighted by molar-refractivity contribution is 0.0889. The molecule has 1 aromatic rings. The van der Waals surface area contributed by atoms with E-state index in [-0.39, 0.29) is 11.7 Å². The van der Waals surface area contributed by atoms with Gasteiger partial charge in [-0.1, -0.05) is 30.9 Å². The number of rotatable bonds is 4. The Hall–Kier alpha value is -1.22. The zero-order valence-electron chi connectivity index (χ0n) is 11.4. The molecule has 0 heterocycles. The Morgan fingerprint density at radius 1 is 1.11 bits per heavy atom. The second kappa shape index (κ2) is 6.29. The maximum atomic E-state index is 12.5. The minimum Gasteiger partial charge on any atom is -0.493 e. The van der Waals surface area contributed by atoms with Gasteiger partial charge in [0.15, 0.2) is 17.3 Å². The van der Waals surface area contributed by atoms with Crippen LogP contribution in [0.4, 0.5) is 0 Å². The summed E-state index contributed by atoms with van der Waals surface area (Å²) in [6.45, 7) is 0. The van der Waals surface area contributed by atoms with Crippen LogP contribution < -0.4 is 9.47 Å². The maximum Gasteiger partial charge on any atom is 0.167 e. The predicted molar refractivity (Wildman–Crippen MR) is 75.5 cm³/mol. The molecule has 1 aliphatic carbocycles. The lowest BCUT2D eigenvalue weighted by atomic mass is 9.84. The fourth-order valence-electron chi connectivity index (χ4n) is 2.63. The molecule has 0 N–H and O–H groups in total. The molecule has 0 unspecified atom stereocenters. The molecule has 0 radical (unpaired) electrons. The van der Waals surface area contributed by atoms with Crippen LogP contribution >= 0.6 is 11.6 Å². The highest BCUT2D eigenvalue weighted by atomic mass is 35.5. The quantitative estimate of drug-likeness (QED) is 0.779. The van der Waals surface area contributed by atoms with Gasteiger partial charge in [-0.2, -0.15) is 0 Å². The van der Waals surface area contributed by atoms with Gasteiger partial charge in [0.25, 0.3) is 0 Å². The highest BCUT2D eigenvalue weighted by molar-refractivity contribution is 6.34. The molecule has 1 aliphatic rings. The van der Waals surface area contributed by atoms with Crippen LogP contribution in [0.2, 0.25) is 5.02 Å². The van der Waals surface area contributed by atoms with E-state index < -0.39 is 0 Å². The van der Waals surface area contributed by atoms with Crippen LogP contribution in [-0.2, 0) is 0 Å². The first kappa shape index (κ1) is 14.2. The fraction of sp³-hybridized carbons (Fsp3) is 0.533. The first-order valence-corrected chi connectivity index (χ1v) is 7.01. The van der Waals surface area contributed by atoms with E-state index in [0.29, 0.717) is 22.1 Å². The van der Waals surface area contributed by atoms with Gasteiger partial charge in [-0.3, -0.25) is 4.79 Å². The van der Waals surface area contributed by atoms with E-state index in [2.05, 4.69) is 0 Å². The van der Waals surface area contributed by atoms with Crippen molar-refractivity contribution in [3.8, 4) is 11.5 Å². The second-order valence-electron chi connectivity index (χ2n) is 4.89. The van der Waals surface area contributed by atoms with Gasteiger partial charge in [-0.25, -0.2) is 0 Å². The summed E-state index contributed by atoms with van der Waals surface area (Å²) >= 11 is 6.19. The van der Waals surface area contributed by atoms with Gasteiger partial charge < -0.3 is 9.47 Å². The standard InChI is InChI=1S/C15H19ClO3/c1-18-13-8-11(12(16)9-14(13)19-2)15(17)10-6-4-3-5-7-10/h8-10H,3-7H2,1-2H3. The number of methoxy groups -OCH3 is 2. The summed E-state index contributed by atoms with van der Waals surface area (Å²) in [5, 5.41) is 0.438. The molecule has 19 heavy (non-hydrogen) atoms. The maximum absolute atomic E-state index is 12.5. The molecule has 1 fully saturated rings. The van der Waals surface area contributed by atoms with Crippen molar-refractivity contribution in [1.82, 2.24) is 0 Å². The lowest BCUT2D eigenvalue weighted by Gasteiger charge is -2.21. The third-order valence-electron chi connectivity index (χ3n) is 3.71. The van der Waals surface area contributed by atoms with E-state index in [1.165, 1.54) is 6.42 Å². The van der Waals surface area contributed by atoms with E-state index in [0.717, 1.165) is 25.7 Å². The average Bonchev–Trinajstić information content (AvgIpc) is 2.47. The van der Waals surface area contributed by atoms with Crippen molar-refractivity contribution in [2.24, 2.45) is 5.92 Å². The number of hydrogen-bond donors (Lipinski definition) is 0. The number of carbonyl (C=O) groups excluding carboxylic acids is 1. The second-order valence-corrected chi connectivity index (χ2v) is 5.29. The molecule has 0 saturated heterocycles. The zero-order valence-corrected chi connectivity index (χ0v) is 12.1. The molecule has 104 valence electrons. The average molecular weight is 283 g/mol. The van der Waals surface area contributed by atoms with Gasteiger partial charge in [-0.05, 0) is 18.9 Å². The van der Waals surface area contributed by atoms with Crippen LogP contribution in [0, 0.1) is 5.92 Å². The van der Waals surface area contributed by atoms with Crippen molar-refractivity contribution >= 4 is 17.4 Å². The number of carbonyl (C=O) groups is 1. The van der Waals surface area contributed by atoms with Gasteiger partial charge in [0.1, 0.15) is 0 Å². The van der Waals surface area contributed by atoms with E-state index in [1.807, 2.05) is 0 Å². The van der Waals surface area contributed by atoms with Crippen molar-refractivity contribution in [2.45, 2.75) is 32.1 Å². The third kappa shape index (κ3) is 3.03. The van der Waals surface area contributed by atoms with E-state index in [9.17, 15) is 4.79 Å². The van der Waals surface area contributed by atoms with Crippen molar-refractivity contribution in [3.05, 3.63) is 22.7 Å². The topological polar surface area (TPSA) is 35.5 Å². The summed E-state index contributed by atoms with van der Waals surface area (Å²) in [4.78, 5) is 12.5. The lowest BCUT2D eigenvalue weighted by Crippen LogP contribution is -2.18. The Bertz CT molecular complexity index is 465. The van der Waals surface area contributed by atoms with Gasteiger partial charge in [0.2, 0.25) is 0 Å². The van der Waals surface area contributed by atoms with Crippen molar-refractivity contribution in [3.63, 3.8) is 0 Å². The first-order chi connectivity index (χ1) is 9.17. The molecule has 2 rings (SSSR count). The predicted octanol–water partition coefficient (Wildman–Crippen LogP) is 4.12. The Balaban J connectivity index is 2.30. The van der Waals surface area contributed by atoms with Crippen LogP contribution in [0.15, 0.2) is 12.1 Å². The minimum absolute atomic E-state index is 0.101. The van der Waals surface area contributed by atoms with Crippen LogP contribution in [0.3, 0.4) is 0 Å². The van der Waals surface area contributed by atoms with Crippen molar-refractivity contribution in [2.75, 3.05) is 14.2 Å². The highest BCUT2D eigenvalue weighted by Crippen LogP contribution is 2.36. The smallest absolute Gasteiger partial charge is 0.167 e. The molecule has 4 heteroatoms. The van der Waals surface area contributed by atoms with Crippen LogP contribution in [0.25, 0.3) is 0 Å². The number of Topliss-reactive ketones (excluding diaryl/α,β-unsaturated/α-hetero) is 1. The Morgan fingerprint density at radius 3 is 2.26 bits per heavy atom. The Kier molecular flexibility index (Phi) is 4.70. The normalized spacial score (nSPS) is 16.2. The summed E-state index contributed by atoms with van der Waals surface area (Å²) < 4.78 is 10.4. The van der Waals surface area contributed by atoms with Crippen LogP contribution in [0.1, 0.15) is 42.5 Å². The zero-order chi connectivity index (χ0) is 13.8. The SMILES string of the molecule is COc1cc(Cl)c(C(=O)C2CCCCC2)cc1OC. The van der Waals surface area contributed by atoms with Gasteiger partial charge in [-0.15, -0.1) is 0 Å². The summed E-state index contributed by atoms with van der Waals surface area (Å²) in [6, 6.07) is 3.34.